The van der Waals surface area contributed by atoms with Crippen LogP contribution < -0.4 is 4.90 Å². The van der Waals surface area contributed by atoms with E-state index in [4.69, 9.17) is 5.11 Å². The molecule has 1 N–H and O–H groups in total. The molecule has 1 aliphatic heterocycles. The van der Waals surface area contributed by atoms with Gasteiger partial charge in [0.05, 0.1) is 10.8 Å². The minimum absolute atomic E-state index is 0.0297. The second kappa shape index (κ2) is 4.68. The number of nitro benzene ring substituents is 1. The van der Waals surface area contributed by atoms with Crippen molar-refractivity contribution in [2.75, 3.05) is 11.4 Å². The first kappa shape index (κ1) is 13.0. The molecule has 7 heteroatoms. The molecule has 1 fully saturated rings. The highest BCUT2D eigenvalue weighted by molar-refractivity contribution is 6.00. The van der Waals surface area contributed by atoms with E-state index >= 15 is 0 Å². The quantitative estimate of drug-likeness (QED) is 0.655. The van der Waals surface area contributed by atoms with Gasteiger partial charge in [0.15, 0.2) is 0 Å². The van der Waals surface area contributed by atoms with Crippen molar-refractivity contribution in [3.63, 3.8) is 0 Å². The Hall–Kier alpha value is -2.44. The average molecular weight is 264 g/mol. The molecule has 0 aromatic heterocycles. The molecule has 0 spiro atoms. The number of nitro groups is 1. The maximum absolute atomic E-state index is 11.8. The maximum Gasteiger partial charge on any atom is 0.308 e. The zero-order valence-corrected chi connectivity index (χ0v) is 10.2. The van der Waals surface area contributed by atoms with Gasteiger partial charge in [0, 0.05) is 19.0 Å². The second-order valence-corrected chi connectivity index (χ2v) is 4.49. The first-order chi connectivity index (χ1) is 8.90. The van der Waals surface area contributed by atoms with Crippen LogP contribution in [0.3, 0.4) is 0 Å². The van der Waals surface area contributed by atoms with Crippen molar-refractivity contribution in [3.8, 4) is 0 Å². The smallest absolute Gasteiger partial charge is 0.308 e. The highest BCUT2D eigenvalue weighted by atomic mass is 16.6. The Morgan fingerprint density at radius 3 is 2.74 bits per heavy atom. The van der Waals surface area contributed by atoms with Gasteiger partial charge in [-0.05, 0) is 18.6 Å². The van der Waals surface area contributed by atoms with Gasteiger partial charge in [0.1, 0.15) is 5.69 Å². The summed E-state index contributed by atoms with van der Waals surface area (Å²) in [7, 11) is 0. The average Bonchev–Trinajstić information content (AvgIpc) is 2.71. The number of aryl methyl sites for hydroxylation is 1. The molecule has 19 heavy (non-hydrogen) atoms. The first-order valence-corrected chi connectivity index (χ1v) is 5.68. The van der Waals surface area contributed by atoms with E-state index in [0.717, 1.165) is 0 Å². The lowest BCUT2D eigenvalue weighted by Crippen LogP contribution is -2.26. The fourth-order valence-electron chi connectivity index (χ4n) is 2.11. The molecule has 1 atom stereocenters. The predicted molar refractivity (Wildman–Crippen MR) is 65.9 cm³/mol. The number of carbonyl (C=O) groups excluding carboxylic acids is 1. The molecule has 1 heterocycles. The number of amides is 1. The lowest BCUT2D eigenvalue weighted by atomic mass is 10.1. The van der Waals surface area contributed by atoms with Gasteiger partial charge in [-0.2, -0.15) is 0 Å². The van der Waals surface area contributed by atoms with E-state index < -0.39 is 22.7 Å². The first-order valence-electron chi connectivity index (χ1n) is 5.68. The Labute approximate surface area is 108 Å². The lowest BCUT2D eigenvalue weighted by Gasteiger charge is -2.16. The second-order valence-electron chi connectivity index (χ2n) is 4.49. The summed E-state index contributed by atoms with van der Waals surface area (Å²) in [6.45, 7) is 1.68. The van der Waals surface area contributed by atoms with Crippen LogP contribution in [-0.2, 0) is 9.59 Å². The van der Waals surface area contributed by atoms with Crippen molar-refractivity contribution < 1.29 is 19.6 Å². The molecule has 100 valence electrons. The summed E-state index contributed by atoms with van der Waals surface area (Å²) in [4.78, 5) is 34.3. The molecule has 0 saturated carbocycles. The van der Waals surface area contributed by atoms with Crippen molar-refractivity contribution in [2.45, 2.75) is 13.3 Å². The van der Waals surface area contributed by atoms with E-state index in [1.54, 1.807) is 13.0 Å². The predicted octanol–water partition coefficient (Wildman–Crippen LogP) is 1.34. The Kier molecular flexibility index (Phi) is 3.20. The number of rotatable bonds is 3. The molecule has 1 aliphatic rings. The third-order valence-corrected chi connectivity index (χ3v) is 3.09. The SMILES string of the molecule is Cc1ccc(N2C[C@H](C(=O)O)CC2=O)c([N+](=O)[O-])c1. The molecule has 0 unspecified atom stereocenters. The molecule has 1 aromatic rings. The van der Waals surface area contributed by atoms with E-state index in [-0.39, 0.29) is 24.3 Å². The van der Waals surface area contributed by atoms with E-state index in [1.807, 2.05) is 0 Å². The van der Waals surface area contributed by atoms with Crippen LogP contribution in [-0.4, -0.2) is 28.5 Å². The topological polar surface area (TPSA) is 101 Å². The minimum Gasteiger partial charge on any atom is -0.481 e. The van der Waals surface area contributed by atoms with Crippen molar-refractivity contribution >= 4 is 23.3 Å². The van der Waals surface area contributed by atoms with Crippen LogP contribution in [0.25, 0.3) is 0 Å². The Balaban J connectivity index is 2.40. The van der Waals surface area contributed by atoms with E-state index in [1.165, 1.54) is 17.0 Å². The number of benzene rings is 1. The molecule has 0 radical (unpaired) electrons. The lowest BCUT2D eigenvalue weighted by molar-refractivity contribution is -0.384. The van der Waals surface area contributed by atoms with Crippen molar-refractivity contribution in [1.29, 1.82) is 0 Å². The molecule has 7 nitrogen and oxygen atoms in total. The third kappa shape index (κ3) is 2.40. The standard InChI is InChI=1S/C12H12N2O5/c1-7-2-3-9(10(4-7)14(18)19)13-6-8(12(16)17)5-11(13)15/h2-4,8H,5-6H2,1H3,(H,16,17)/t8-/m1/s1. The number of nitrogens with zero attached hydrogens (tertiary/aromatic N) is 2. The van der Waals surface area contributed by atoms with Crippen LogP contribution in [0.1, 0.15) is 12.0 Å². The van der Waals surface area contributed by atoms with Crippen LogP contribution in [0.5, 0.6) is 0 Å². The Morgan fingerprint density at radius 1 is 1.53 bits per heavy atom. The van der Waals surface area contributed by atoms with E-state index in [2.05, 4.69) is 0 Å². The van der Waals surface area contributed by atoms with Crippen LogP contribution in [0.15, 0.2) is 18.2 Å². The molecular weight excluding hydrogens is 252 g/mol. The number of aliphatic carboxylic acids is 1. The molecule has 2 rings (SSSR count). The summed E-state index contributed by atoms with van der Waals surface area (Å²) in [6.07, 6.45) is -0.125. The highest BCUT2D eigenvalue weighted by Gasteiger charge is 2.37. The summed E-state index contributed by atoms with van der Waals surface area (Å²) in [5.74, 6) is -2.28. The van der Waals surface area contributed by atoms with Gasteiger partial charge in [-0.15, -0.1) is 0 Å². The minimum atomic E-state index is -1.06. The van der Waals surface area contributed by atoms with Gasteiger partial charge >= 0.3 is 5.97 Å². The molecule has 1 amide bonds. The Bertz CT molecular complexity index is 569. The van der Waals surface area contributed by atoms with Crippen molar-refractivity contribution in [3.05, 3.63) is 33.9 Å². The number of anilines is 1. The monoisotopic (exact) mass is 264 g/mol. The normalized spacial score (nSPS) is 18.7. The van der Waals surface area contributed by atoms with Gasteiger partial charge < -0.3 is 10.0 Å². The number of hydrogen-bond acceptors (Lipinski definition) is 4. The maximum atomic E-state index is 11.8. The zero-order chi connectivity index (χ0) is 14.2. The third-order valence-electron chi connectivity index (χ3n) is 3.09. The van der Waals surface area contributed by atoms with Gasteiger partial charge in [-0.25, -0.2) is 0 Å². The van der Waals surface area contributed by atoms with Crippen molar-refractivity contribution in [2.24, 2.45) is 5.92 Å². The largest absolute Gasteiger partial charge is 0.481 e. The summed E-state index contributed by atoms with van der Waals surface area (Å²) >= 11 is 0. The molecule has 1 aromatic carbocycles. The molecule has 0 aliphatic carbocycles. The summed E-state index contributed by atoms with van der Waals surface area (Å²) in [6, 6.07) is 4.51. The van der Waals surface area contributed by atoms with Gasteiger partial charge in [0.2, 0.25) is 5.91 Å². The number of carboxylic acids is 1. The summed E-state index contributed by atoms with van der Waals surface area (Å²) < 4.78 is 0. The van der Waals surface area contributed by atoms with Crippen LogP contribution in [0, 0.1) is 23.0 Å². The van der Waals surface area contributed by atoms with Gasteiger partial charge in [-0.1, -0.05) is 6.07 Å². The van der Waals surface area contributed by atoms with Gasteiger partial charge in [0.25, 0.3) is 5.69 Å². The van der Waals surface area contributed by atoms with Crippen LogP contribution in [0.2, 0.25) is 0 Å². The Morgan fingerprint density at radius 2 is 2.21 bits per heavy atom. The van der Waals surface area contributed by atoms with Crippen LogP contribution in [0.4, 0.5) is 11.4 Å². The number of carboxylic acid groups (broad SMARTS) is 1. The highest BCUT2D eigenvalue weighted by Crippen LogP contribution is 2.33. The fraction of sp³-hybridized carbons (Fsp3) is 0.333. The van der Waals surface area contributed by atoms with Gasteiger partial charge in [-0.3, -0.25) is 19.7 Å². The summed E-state index contributed by atoms with van der Waals surface area (Å²) in [5, 5.41) is 19.9. The number of carbonyl (C=O) groups is 2. The summed E-state index contributed by atoms with van der Waals surface area (Å²) in [5.41, 5.74) is 0.681. The molecule has 0 bridgehead atoms. The zero-order valence-electron chi connectivity index (χ0n) is 10.2. The number of hydrogen-bond donors (Lipinski definition) is 1. The molecule has 1 saturated heterocycles. The van der Waals surface area contributed by atoms with E-state index in [0.29, 0.717) is 5.56 Å². The van der Waals surface area contributed by atoms with E-state index in [9.17, 15) is 19.7 Å². The fourth-order valence-corrected chi connectivity index (χ4v) is 2.11. The van der Waals surface area contributed by atoms with Crippen LogP contribution >= 0.6 is 0 Å². The van der Waals surface area contributed by atoms with Crippen molar-refractivity contribution in [1.82, 2.24) is 0 Å². The molecular formula is C12H12N2O5.